The summed E-state index contributed by atoms with van der Waals surface area (Å²) in [5.41, 5.74) is 0. The van der Waals surface area contributed by atoms with Crippen LogP contribution in [0, 0.1) is 0 Å². The first-order chi connectivity index (χ1) is 5.95. The minimum atomic E-state index is 0.702. The van der Waals surface area contributed by atoms with Gasteiger partial charge in [-0.3, -0.25) is 4.57 Å². The summed E-state index contributed by atoms with van der Waals surface area (Å²) in [6, 6.07) is 0. The molecule has 1 N–H and O–H groups in total. The van der Waals surface area contributed by atoms with E-state index in [9.17, 15) is 0 Å². The fourth-order valence-corrected chi connectivity index (χ4v) is 1.29. The molecule has 2 aromatic rings. The highest BCUT2D eigenvalue weighted by Gasteiger charge is 2.15. The second kappa shape index (κ2) is 1.84. The van der Waals surface area contributed by atoms with Gasteiger partial charge >= 0.3 is 0 Å². The molecule has 60 valence electrons. The molecule has 6 heteroatoms. The Balaban J connectivity index is 2.32. The summed E-state index contributed by atoms with van der Waals surface area (Å²) in [5, 5.41) is 7.13. The number of fused-ring (bicyclic) bond motifs is 3. The predicted molar refractivity (Wildman–Crippen MR) is 40.8 cm³/mol. The molecule has 0 aromatic carbocycles. The minimum Gasteiger partial charge on any atom is -0.336 e. The molecule has 6 nitrogen and oxygen atoms in total. The van der Waals surface area contributed by atoms with Crippen molar-refractivity contribution in [3.8, 4) is 5.95 Å². The van der Waals surface area contributed by atoms with Gasteiger partial charge in [-0.05, 0) is 0 Å². The fourth-order valence-electron chi connectivity index (χ4n) is 1.29. The first-order valence-electron chi connectivity index (χ1n) is 3.60. The molecule has 0 amide bonds. The highest BCUT2D eigenvalue weighted by atomic mass is 15.5. The molecule has 0 saturated carbocycles. The Morgan fingerprint density at radius 1 is 1.42 bits per heavy atom. The molecule has 0 bridgehead atoms. The van der Waals surface area contributed by atoms with Gasteiger partial charge in [-0.2, -0.15) is 14.8 Å². The molecular formula is C6H6N6. The zero-order valence-electron chi connectivity index (χ0n) is 6.18. The summed E-state index contributed by atoms with van der Waals surface area (Å²) < 4.78 is 3.63. The highest BCUT2D eigenvalue weighted by Crippen LogP contribution is 2.14. The number of anilines is 1. The Hall–Kier alpha value is -1.85. The average molecular weight is 162 g/mol. The van der Waals surface area contributed by atoms with Gasteiger partial charge in [-0.15, -0.1) is 0 Å². The summed E-state index contributed by atoms with van der Waals surface area (Å²) in [6.07, 6.45) is 5.15. The van der Waals surface area contributed by atoms with Crippen LogP contribution in [0.3, 0.4) is 0 Å². The number of nitrogens with zero attached hydrogens (tertiary/aromatic N) is 5. The molecule has 0 saturated heterocycles. The fraction of sp³-hybridized carbons (Fsp3) is 0.167. The van der Waals surface area contributed by atoms with Crippen LogP contribution in [0.5, 0.6) is 0 Å². The van der Waals surface area contributed by atoms with E-state index in [4.69, 9.17) is 0 Å². The lowest BCUT2D eigenvalue weighted by Crippen LogP contribution is -2.21. The molecule has 3 heterocycles. The van der Waals surface area contributed by atoms with Crippen molar-refractivity contribution >= 4 is 5.95 Å². The van der Waals surface area contributed by atoms with Crippen LogP contribution in [0.1, 0.15) is 0 Å². The van der Waals surface area contributed by atoms with Gasteiger partial charge in [0.1, 0.15) is 6.33 Å². The number of hydrogen-bond donors (Lipinski definition) is 1. The third-order valence-corrected chi connectivity index (χ3v) is 1.84. The van der Waals surface area contributed by atoms with Crippen molar-refractivity contribution < 1.29 is 0 Å². The van der Waals surface area contributed by atoms with Crippen molar-refractivity contribution in [2.24, 2.45) is 0 Å². The molecule has 0 spiro atoms. The van der Waals surface area contributed by atoms with E-state index >= 15 is 0 Å². The lowest BCUT2D eigenvalue weighted by Gasteiger charge is -2.15. The standard InChI is InChI=1S/C6H6N6/c1-2-11-4-9-5-8-3-10-12(5)6(11)7-1/h1-3H,4H2,(H,8,9,10). The molecule has 1 aliphatic rings. The summed E-state index contributed by atoms with van der Waals surface area (Å²) in [5.74, 6) is 1.55. The Kier molecular flexibility index (Phi) is 0.885. The molecule has 0 fully saturated rings. The van der Waals surface area contributed by atoms with Crippen molar-refractivity contribution in [3.05, 3.63) is 18.7 Å². The van der Waals surface area contributed by atoms with Crippen LogP contribution >= 0.6 is 0 Å². The van der Waals surface area contributed by atoms with E-state index in [1.54, 1.807) is 10.9 Å². The van der Waals surface area contributed by atoms with Crippen molar-refractivity contribution in [1.82, 2.24) is 24.3 Å². The van der Waals surface area contributed by atoms with Crippen LogP contribution in [0.25, 0.3) is 5.95 Å². The molecule has 12 heavy (non-hydrogen) atoms. The summed E-state index contributed by atoms with van der Waals surface area (Å²) in [4.78, 5) is 8.18. The molecule has 0 aliphatic carbocycles. The van der Waals surface area contributed by atoms with Gasteiger partial charge in [0.15, 0.2) is 0 Å². The van der Waals surface area contributed by atoms with Crippen molar-refractivity contribution in [2.45, 2.75) is 6.67 Å². The number of hydrogen-bond acceptors (Lipinski definition) is 4. The lowest BCUT2D eigenvalue weighted by atomic mass is 10.7. The third-order valence-electron chi connectivity index (χ3n) is 1.84. The van der Waals surface area contributed by atoms with E-state index in [1.807, 2.05) is 10.8 Å². The van der Waals surface area contributed by atoms with E-state index in [-0.39, 0.29) is 0 Å². The highest BCUT2D eigenvalue weighted by molar-refractivity contribution is 5.34. The van der Waals surface area contributed by atoms with Crippen LogP contribution in [0.2, 0.25) is 0 Å². The summed E-state index contributed by atoms with van der Waals surface area (Å²) >= 11 is 0. The zero-order valence-corrected chi connectivity index (χ0v) is 6.18. The lowest BCUT2D eigenvalue weighted by molar-refractivity contribution is 0.650. The zero-order chi connectivity index (χ0) is 7.97. The Labute approximate surface area is 67.9 Å². The number of imidazole rings is 1. The van der Waals surface area contributed by atoms with Gasteiger partial charge < -0.3 is 5.32 Å². The Bertz CT molecular complexity index is 373. The average Bonchev–Trinajstić information content (AvgIpc) is 2.71. The van der Waals surface area contributed by atoms with E-state index in [0.29, 0.717) is 6.67 Å². The maximum atomic E-state index is 4.15. The van der Waals surface area contributed by atoms with E-state index in [1.165, 1.54) is 6.33 Å². The predicted octanol–water partition coefficient (Wildman–Crippen LogP) is -0.153. The second-order valence-corrected chi connectivity index (χ2v) is 2.53. The van der Waals surface area contributed by atoms with Crippen molar-refractivity contribution in [3.63, 3.8) is 0 Å². The molecule has 2 aromatic heterocycles. The number of aromatic nitrogens is 5. The largest absolute Gasteiger partial charge is 0.336 e. The smallest absolute Gasteiger partial charge is 0.235 e. The van der Waals surface area contributed by atoms with Gasteiger partial charge in [0.05, 0.1) is 6.67 Å². The first-order valence-corrected chi connectivity index (χ1v) is 3.60. The monoisotopic (exact) mass is 162 g/mol. The first kappa shape index (κ1) is 5.76. The van der Waals surface area contributed by atoms with E-state index in [0.717, 1.165) is 11.9 Å². The molecule has 3 rings (SSSR count). The minimum absolute atomic E-state index is 0.702. The number of rotatable bonds is 0. The van der Waals surface area contributed by atoms with E-state index in [2.05, 4.69) is 20.4 Å². The third kappa shape index (κ3) is 0.565. The van der Waals surface area contributed by atoms with Crippen LogP contribution in [0.4, 0.5) is 5.95 Å². The van der Waals surface area contributed by atoms with Gasteiger partial charge in [0, 0.05) is 12.4 Å². The van der Waals surface area contributed by atoms with Gasteiger partial charge in [-0.25, -0.2) is 4.98 Å². The maximum Gasteiger partial charge on any atom is 0.235 e. The summed E-state index contributed by atoms with van der Waals surface area (Å²) in [6.45, 7) is 0.702. The topological polar surface area (TPSA) is 60.6 Å². The SMILES string of the molecule is c1cn2c(n1)-n1ncnc1NC2. The molecule has 0 radical (unpaired) electrons. The van der Waals surface area contributed by atoms with Crippen LogP contribution in [-0.4, -0.2) is 24.3 Å². The molecule has 0 atom stereocenters. The summed E-state index contributed by atoms with van der Waals surface area (Å²) in [7, 11) is 0. The van der Waals surface area contributed by atoms with Crippen LogP contribution in [0.15, 0.2) is 18.7 Å². The quantitative estimate of drug-likeness (QED) is 0.585. The molecular weight excluding hydrogens is 156 g/mol. The number of nitrogens with one attached hydrogen (secondary N) is 1. The molecule has 1 aliphatic heterocycles. The van der Waals surface area contributed by atoms with Gasteiger partial charge in [-0.1, -0.05) is 0 Å². The second-order valence-electron chi connectivity index (χ2n) is 2.53. The van der Waals surface area contributed by atoms with Crippen LogP contribution < -0.4 is 5.32 Å². The Morgan fingerprint density at radius 3 is 3.42 bits per heavy atom. The van der Waals surface area contributed by atoms with Crippen LogP contribution in [-0.2, 0) is 6.67 Å². The van der Waals surface area contributed by atoms with E-state index < -0.39 is 0 Å². The van der Waals surface area contributed by atoms with Gasteiger partial charge in [0.25, 0.3) is 0 Å². The Morgan fingerprint density at radius 2 is 2.42 bits per heavy atom. The van der Waals surface area contributed by atoms with Crippen molar-refractivity contribution in [1.29, 1.82) is 0 Å². The maximum absolute atomic E-state index is 4.15. The van der Waals surface area contributed by atoms with Gasteiger partial charge in [0.2, 0.25) is 11.9 Å². The normalized spacial score (nSPS) is 13.3. The molecule has 0 unspecified atom stereocenters. The van der Waals surface area contributed by atoms with Crippen molar-refractivity contribution in [2.75, 3.05) is 5.32 Å².